The van der Waals surface area contributed by atoms with Crippen molar-refractivity contribution in [1.82, 2.24) is 20.9 Å². The van der Waals surface area contributed by atoms with Crippen molar-refractivity contribution in [2.75, 3.05) is 49.9 Å². The van der Waals surface area contributed by atoms with E-state index in [4.69, 9.17) is 4.74 Å². The molecule has 1 saturated carbocycles. The third-order valence-electron chi connectivity index (χ3n) is 7.87. The number of piperidine rings is 1. The Morgan fingerprint density at radius 1 is 1.11 bits per heavy atom. The Morgan fingerprint density at radius 2 is 1.86 bits per heavy atom. The largest absolute Gasteiger partial charge is 0.497 e. The molecule has 9 heteroatoms. The van der Waals surface area contributed by atoms with E-state index in [1.165, 1.54) is 37.7 Å². The van der Waals surface area contributed by atoms with Crippen LogP contribution < -0.4 is 20.7 Å². The number of nitrogens with one attached hydrogen (secondary N) is 3. The summed E-state index contributed by atoms with van der Waals surface area (Å²) in [6, 6.07) is 7.63. The highest BCUT2D eigenvalue weighted by Crippen LogP contribution is 2.27. The summed E-state index contributed by atoms with van der Waals surface area (Å²) in [5.41, 5.74) is 1.30. The topological polar surface area (TPSA) is 82.7 Å². The van der Waals surface area contributed by atoms with Crippen LogP contribution >= 0.6 is 23.5 Å². The van der Waals surface area contributed by atoms with Gasteiger partial charge in [0.2, 0.25) is 11.8 Å². The summed E-state index contributed by atoms with van der Waals surface area (Å²) >= 11 is 3.56. The highest BCUT2D eigenvalue weighted by molar-refractivity contribution is 7.99. The first-order valence-electron chi connectivity index (χ1n) is 13.9. The average molecular weight is 549 g/mol. The Balaban J connectivity index is 1.20. The molecule has 2 unspecified atom stereocenters. The molecule has 3 aliphatic rings. The van der Waals surface area contributed by atoms with Gasteiger partial charge in [-0.25, -0.2) is 0 Å². The number of amides is 2. The molecule has 0 spiro atoms. The third kappa shape index (κ3) is 9.37. The second kappa shape index (κ2) is 15.2. The van der Waals surface area contributed by atoms with Crippen molar-refractivity contribution in [3.05, 3.63) is 29.8 Å². The van der Waals surface area contributed by atoms with Gasteiger partial charge in [-0.05, 0) is 74.1 Å². The number of ether oxygens (including phenoxy) is 1. The molecule has 206 valence electrons. The Bertz CT molecular complexity index is 836. The van der Waals surface area contributed by atoms with Crippen molar-refractivity contribution in [1.29, 1.82) is 0 Å². The van der Waals surface area contributed by atoms with Crippen molar-refractivity contribution in [3.63, 3.8) is 0 Å². The molecule has 2 atom stereocenters. The van der Waals surface area contributed by atoms with Gasteiger partial charge in [-0.2, -0.15) is 11.8 Å². The fourth-order valence-corrected chi connectivity index (χ4v) is 7.65. The number of hydrogen-bond acceptors (Lipinski definition) is 7. The molecule has 37 heavy (non-hydrogen) atoms. The van der Waals surface area contributed by atoms with Crippen LogP contribution in [-0.2, 0) is 16.1 Å². The Morgan fingerprint density at radius 3 is 2.54 bits per heavy atom. The van der Waals surface area contributed by atoms with Crippen LogP contribution in [0.5, 0.6) is 5.75 Å². The van der Waals surface area contributed by atoms with Gasteiger partial charge in [0, 0.05) is 30.5 Å². The van der Waals surface area contributed by atoms with E-state index in [2.05, 4.69) is 33.0 Å². The predicted octanol–water partition coefficient (Wildman–Crippen LogP) is 3.48. The van der Waals surface area contributed by atoms with Crippen molar-refractivity contribution in [2.45, 2.75) is 63.6 Å². The van der Waals surface area contributed by atoms with Gasteiger partial charge in [0.25, 0.3) is 0 Å². The van der Waals surface area contributed by atoms with Gasteiger partial charge < -0.3 is 15.4 Å². The lowest BCUT2D eigenvalue weighted by molar-refractivity contribution is -0.129. The number of carbonyl (C=O) groups is 2. The summed E-state index contributed by atoms with van der Waals surface area (Å²) in [5, 5.41) is 9.47. The molecule has 2 amide bonds. The maximum absolute atomic E-state index is 13.2. The molecule has 1 aromatic rings. The van der Waals surface area contributed by atoms with Crippen LogP contribution in [0.15, 0.2) is 24.3 Å². The van der Waals surface area contributed by atoms with Gasteiger partial charge in [-0.1, -0.05) is 31.4 Å². The molecule has 0 aromatic heterocycles. The molecule has 0 radical (unpaired) electrons. The average Bonchev–Trinajstić information content (AvgIpc) is 3.48. The summed E-state index contributed by atoms with van der Waals surface area (Å²) in [6.07, 6.45) is 8.77. The number of likely N-dealkylation sites (tertiary alicyclic amines) is 1. The second-order valence-corrected chi connectivity index (χ2v) is 12.8. The van der Waals surface area contributed by atoms with Crippen LogP contribution in [0.3, 0.4) is 0 Å². The highest BCUT2D eigenvalue weighted by Gasteiger charge is 2.29. The van der Waals surface area contributed by atoms with Crippen molar-refractivity contribution in [2.24, 2.45) is 11.8 Å². The van der Waals surface area contributed by atoms with E-state index in [0.29, 0.717) is 18.2 Å². The summed E-state index contributed by atoms with van der Waals surface area (Å²) in [4.78, 5) is 28.4. The van der Waals surface area contributed by atoms with E-state index >= 15 is 0 Å². The molecule has 1 aromatic carbocycles. The summed E-state index contributed by atoms with van der Waals surface area (Å²) in [6.45, 7) is 3.71. The lowest BCUT2D eigenvalue weighted by Crippen LogP contribution is -2.54. The number of methoxy groups -OCH3 is 1. The van der Waals surface area contributed by atoms with E-state index < -0.39 is 6.04 Å². The standard InChI is InChI=1S/C28H44N4O3S2/c1-35-24-9-7-22(8-10-24)16-32-13-11-21(12-14-32)15-29-27(33)26(31-28(34)25-18-37-20-30-25)19-36-17-23-5-3-2-4-6-23/h7-10,21,23,25-26,30H,2-6,11-20H2,1H3,(H,29,33)(H,31,34). The van der Waals surface area contributed by atoms with E-state index in [0.717, 1.165) is 61.5 Å². The van der Waals surface area contributed by atoms with Gasteiger partial charge in [-0.15, -0.1) is 11.8 Å². The van der Waals surface area contributed by atoms with Crippen LogP contribution in [0, 0.1) is 11.8 Å². The smallest absolute Gasteiger partial charge is 0.243 e. The van der Waals surface area contributed by atoms with E-state index in [9.17, 15) is 9.59 Å². The molecular formula is C28H44N4O3S2. The monoisotopic (exact) mass is 548 g/mol. The van der Waals surface area contributed by atoms with Gasteiger partial charge in [-0.3, -0.25) is 19.8 Å². The van der Waals surface area contributed by atoms with Gasteiger partial charge in [0.1, 0.15) is 11.8 Å². The number of thioether (sulfide) groups is 2. The van der Waals surface area contributed by atoms with E-state index in [1.807, 2.05) is 23.9 Å². The molecule has 7 nitrogen and oxygen atoms in total. The Hall–Kier alpha value is -1.42. The maximum Gasteiger partial charge on any atom is 0.243 e. The number of hydrogen-bond donors (Lipinski definition) is 3. The zero-order chi connectivity index (χ0) is 25.9. The van der Waals surface area contributed by atoms with Crippen LogP contribution in [0.4, 0.5) is 0 Å². The maximum atomic E-state index is 13.2. The molecule has 1 aliphatic carbocycles. The SMILES string of the molecule is COc1ccc(CN2CCC(CNC(=O)C(CSCC3CCCCC3)NC(=O)C3CSCN3)CC2)cc1. The number of carbonyl (C=O) groups excluding carboxylic acids is 2. The third-order valence-corrected chi connectivity index (χ3v) is 10.1. The summed E-state index contributed by atoms with van der Waals surface area (Å²) in [7, 11) is 1.69. The molecule has 3 fully saturated rings. The van der Waals surface area contributed by atoms with Crippen molar-refractivity contribution in [3.8, 4) is 5.75 Å². The second-order valence-electron chi connectivity index (χ2n) is 10.7. The zero-order valence-corrected chi connectivity index (χ0v) is 23.8. The first-order valence-corrected chi connectivity index (χ1v) is 16.2. The van der Waals surface area contributed by atoms with E-state index in [-0.39, 0.29) is 17.9 Å². The molecular weight excluding hydrogens is 504 g/mol. The lowest BCUT2D eigenvalue weighted by atomic mass is 9.91. The van der Waals surface area contributed by atoms with Crippen LogP contribution in [0.2, 0.25) is 0 Å². The van der Waals surface area contributed by atoms with Crippen LogP contribution in [0.25, 0.3) is 0 Å². The molecule has 2 saturated heterocycles. The number of benzene rings is 1. The fourth-order valence-electron chi connectivity index (χ4n) is 5.43. The first kappa shape index (κ1) is 28.6. The Labute approximate surface area is 231 Å². The fraction of sp³-hybridized carbons (Fsp3) is 0.714. The lowest BCUT2D eigenvalue weighted by Gasteiger charge is -2.32. The number of rotatable bonds is 12. The molecule has 2 aliphatic heterocycles. The number of nitrogens with zero attached hydrogens (tertiary/aromatic N) is 1. The van der Waals surface area contributed by atoms with Gasteiger partial charge in [0.05, 0.1) is 13.2 Å². The minimum absolute atomic E-state index is 0.0317. The molecule has 0 bridgehead atoms. The highest BCUT2D eigenvalue weighted by atomic mass is 32.2. The van der Waals surface area contributed by atoms with Gasteiger partial charge >= 0.3 is 0 Å². The minimum Gasteiger partial charge on any atom is -0.497 e. The summed E-state index contributed by atoms with van der Waals surface area (Å²) < 4.78 is 5.26. The predicted molar refractivity (Wildman–Crippen MR) is 154 cm³/mol. The molecule has 4 rings (SSSR count). The van der Waals surface area contributed by atoms with Crippen LogP contribution in [-0.4, -0.2) is 78.7 Å². The van der Waals surface area contributed by atoms with Gasteiger partial charge in [0.15, 0.2) is 0 Å². The van der Waals surface area contributed by atoms with Crippen LogP contribution in [0.1, 0.15) is 50.5 Å². The quantitative estimate of drug-likeness (QED) is 0.369. The van der Waals surface area contributed by atoms with E-state index in [1.54, 1.807) is 18.9 Å². The minimum atomic E-state index is -0.469. The van der Waals surface area contributed by atoms with Crippen molar-refractivity contribution >= 4 is 35.3 Å². The zero-order valence-electron chi connectivity index (χ0n) is 22.2. The first-order chi connectivity index (χ1) is 18.1. The normalized spacial score (nSPS) is 22.5. The molecule has 2 heterocycles. The Kier molecular flexibility index (Phi) is 11.8. The summed E-state index contributed by atoms with van der Waals surface area (Å²) in [5.74, 6) is 5.35. The molecule has 3 N–H and O–H groups in total. The van der Waals surface area contributed by atoms with Crippen molar-refractivity contribution < 1.29 is 14.3 Å².